The number of aryl methyl sites for hydroxylation is 1. The van der Waals surface area contributed by atoms with E-state index < -0.39 is 10.0 Å². The molecule has 1 saturated heterocycles. The Bertz CT molecular complexity index is 814. The molecule has 0 saturated carbocycles. The highest BCUT2D eigenvalue weighted by Gasteiger charge is 2.32. The van der Waals surface area contributed by atoms with Crippen LogP contribution in [0.5, 0.6) is 0 Å². The van der Waals surface area contributed by atoms with E-state index >= 15 is 0 Å². The Labute approximate surface area is 138 Å². The molecule has 0 amide bonds. The molecule has 2 heterocycles. The van der Waals surface area contributed by atoms with Crippen molar-refractivity contribution in [2.75, 3.05) is 26.7 Å². The number of pyridine rings is 1. The van der Waals surface area contributed by atoms with Crippen LogP contribution < -0.4 is 0 Å². The van der Waals surface area contributed by atoms with Crippen molar-refractivity contribution in [2.45, 2.75) is 31.2 Å². The number of likely N-dealkylation sites (N-methyl/N-ethyl adjacent to an activating group) is 1. The summed E-state index contributed by atoms with van der Waals surface area (Å²) in [6.45, 7) is 6.14. The van der Waals surface area contributed by atoms with Crippen LogP contribution in [0.3, 0.4) is 0 Å². The van der Waals surface area contributed by atoms with Gasteiger partial charge in [-0.3, -0.25) is 4.98 Å². The van der Waals surface area contributed by atoms with Gasteiger partial charge in [0.05, 0.1) is 4.90 Å². The van der Waals surface area contributed by atoms with Gasteiger partial charge in [-0.15, -0.1) is 0 Å². The quantitative estimate of drug-likeness (QED) is 0.846. The Balaban J connectivity index is 2.13. The molecule has 5 nitrogen and oxygen atoms in total. The van der Waals surface area contributed by atoms with Crippen LogP contribution in [0.15, 0.2) is 35.5 Å². The summed E-state index contributed by atoms with van der Waals surface area (Å²) in [7, 11) is -1.49. The van der Waals surface area contributed by atoms with Crippen LogP contribution in [0, 0.1) is 6.92 Å². The molecule has 124 valence electrons. The van der Waals surface area contributed by atoms with E-state index in [1.54, 1.807) is 28.8 Å². The molecule has 0 N–H and O–H groups in total. The maximum absolute atomic E-state index is 13.3. The average Bonchev–Trinajstić information content (AvgIpc) is 2.67. The van der Waals surface area contributed by atoms with Crippen LogP contribution in [0.25, 0.3) is 10.8 Å². The first-order valence-electron chi connectivity index (χ1n) is 7.95. The van der Waals surface area contributed by atoms with Gasteiger partial charge in [0.2, 0.25) is 10.0 Å². The zero-order valence-electron chi connectivity index (χ0n) is 13.9. The lowest BCUT2D eigenvalue weighted by Gasteiger charge is -2.27. The van der Waals surface area contributed by atoms with E-state index in [1.165, 1.54) is 0 Å². The molecule has 1 aliphatic rings. The normalized spacial score (nSPS) is 21.4. The molecule has 6 heteroatoms. The summed E-state index contributed by atoms with van der Waals surface area (Å²) in [6.07, 6.45) is 4.30. The number of rotatable bonds is 2. The molecule has 23 heavy (non-hydrogen) atoms. The topological polar surface area (TPSA) is 53.5 Å². The highest BCUT2D eigenvalue weighted by atomic mass is 32.2. The monoisotopic (exact) mass is 333 g/mol. The van der Waals surface area contributed by atoms with Gasteiger partial charge in [-0.1, -0.05) is 12.1 Å². The van der Waals surface area contributed by atoms with Crippen LogP contribution in [0.2, 0.25) is 0 Å². The lowest BCUT2D eigenvalue weighted by Crippen LogP contribution is -2.41. The number of fused-ring (bicyclic) bond motifs is 1. The lowest BCUT2D eigenvalue weighted by molar-refractivity contribution is 0.290. The van der Waals surface area contributed by atoms with Gasteiger partial charge in [0.25, 0.3) is 0 Å². The maximum atomic E-state index is 13.3. The van der Waals surface area contributed by atoms with E-state index in [1.807, 2.05) is 27.0 Å². The van der Waals surface area contributed by atoms with Gasteiger partial charge in [-0.25, -0.2) is 8.42 Å². The zero-order valence-corrected chi connectivity index (χ0v) is 14.7. The van der Waals surface area contributed by atoms with Gasteiger partial charge in [0, 0.05) is 42.3 Å². The highest BCUT2D eigenvalue weighted by Crippen LogP contribution is 2.29. The van der Waals surface area contributed by atoms with E-state index in [0.29, 0.717) is 11.4 Å². The number of nitrogens with zero attached hydrogens (tertiary/aromatic N) is 3. The molecule has 1 fully saturated rings. The summed E-state index contributed by atoms with van der Waals surface area (Å²) >= 11 is 0. The Hall–Kier alpha value is -1.50. The second-order valence-electron chi connectivity index (χ2n) is 6.39. The summed E-state index contributed by atoms with van der Waals surface area (Å²) in [4.78, 5) is 6.76. The third-order valence-electron chi connectivity index (χ3n) is 4.51. The minimum Gasteiger partial charge on any atom is -0.305 e. The summed E-state index contributed by atoms with van der Waals surface area (Å²) < 4.78 is 28.3. The summed E-state index contributed by atoms with van der Waals surface area (Å²) in [5, 5.41) is 1.65. The van der Waals surface area contributed by atoms with Crippen molar-refractivity contribution < 1.29 is 8.42 Å². The molecule has 0 bridgehead atoms. The van der Waals surface area contributed by atoms with E-state index in [2.05, 4.69) is 9.88 Å². The first-order chi connectivity index (χ1) is 10.9. The van der Waals surface area contributed by atoms with Gasteiger partial charge < -0.3 is 4.90 Å². The Morgan fingerprint density at radius 2 is 2.00 bits per heavy atom. The van der Waals surface area contributed by atoms with Gasteiger partial charge in [-0.2, -0.15) is 4.31 Å². The number of benzene rings is 1. The molecule has 1 aromatic heterocycles. The predicted molar refractivity (Wildman–Crippen MR) is 91.9 cm³/mol. The fraction of sp³-hybridized carbons (Fsp3) is 0.471. The van der Waals surface area contributed by atoms with Gasteiger partial charge in [0.15, 0.2) is 0 Å². The predicted octanol–water partition coefficient (Wildman–Crippen LogP) is 2.26. The largest absolute Gasteiger partial charge is 0.305 e. The molecule has 3 rings (SSSR count). The van der Waals surface area contributed by atoms with E-state index in [-0.39, 0.29) is 6.04 Å². The number of sulfonamides is 1. The minimum absolute atomic E-state index is 0.0371. The summed E-state index contributed by atoms with van der Waals surface area (Å²) in [5.41, 5.74) is 0.890. The molecule has 1 atom stereocenters. The molecule has 1 aromatic carbocycles. The third-order valence-corrected chi connectivity index (χ3v) is 6.56. The highest BCUT2D eigenvalue weighted by molar-refractivity contribution is 7.89. The van der Waals surface area contributed by atoms with Crippen LogP contribution >= 0.6 is 0 Å². The molecule has 0 radical (unpaired) electrons. The number of aromatic nitrogens is 1. The first-order valence-corrected chi connectivity index (χ1v) is 9.39. The van der Waals surface area contributed by atoms with Crippen molar-refractivity contribution in [3.63, 3.8) is 0 Å². The van der Waals surface area contributed by atoms with Crippen LogP contribution in [0.1, 0.15) is 18.9 Å². The molecular formula is C17H23N3O2S. The summed E-state index contributed by atoms with van der Waals surface area (Å²) in [5.74, 6) is 0. The smallest absolute Gasteiger partial charge is 0.243 e. The van der Waals surface area contributed by atoms with E-state index in [9.17, 15) is 8.42 Å². The minimum atomic E-state index is -3.53. The average molecular weight is 333 g/mol. The maximum Gasteiger partial charge on any atom is 0.243 e. The van der Waals surface area contributed by atoms with Crippen molar-refractivity contribution in [1.29, 1.82) is 0 Å². The second-order valence-corrected chi connectivity index (χ2v) is 8.25. The van der Waals surface area contributed by atoms with Gasteiger partial charge >= 0.3 is 0 Å². The van der Waals surface area contributed by atoms with Crippen molar-refractivity contribution in [2.24, 2.45) is 0 Å². The second kappa shape index (κ2) is 6.19. The molecular weight excluding hydrogens is 310 g/mol. The fourth-order valence-electron chi connectivity index (χ4n) is 3.42. The molecule has 0 aliphatic carbocycles. The third kappa shape index (κ3) is 2.98. The van der Waals surface area contributed by atoms with Crippen molar-refractivity contribution >= 4 is 20.8 Å². The van der Waals surface area contributed by atoms with Crippen LogP contribution in [0.4, 0.5) is 0 Å². The van der Waals surface area contributed by atoms with Gasteiger partial charge in [0.1, 0.15) is 0 Å². The standard InChI is InChI=1S/C17H23N3O2S/c1-13-10-18-11-15-6-4-7-16(17(13)15)23(21,22)20-9-5-8-19(3)12-14(20)2/h4,6-7,10-11,14H,5,8-9,12H2,1-3H3. The molecule has 1 unspecified atom stereocenters. The Kier molecular flexibility index (Phi) is 4.40. The van der Waals surface area contributed by atoms with Crippen LogP contribution in [-0.2, 0) is 10.0 Å². The SMILES string of the molecule is Cc1cncc2cccc(S(=O)(=O)N3CCCN(C)CC3C)c12. The zero-order chi connectivity index (χ0) is 16.6. The Morgan fingerprint density at radius 1 is 1.22 bits per heavy atom. The fourth-order valence-corrected chi connectivity index (χ4v) is 5.37. The lowest BCUT2D eigenvalue weighted by atomic mass is 10.1. The Morgan fingerprint density at radius 3 is 2.78 bits per heavy atom. The van der Waals surface area contributed by atoms with Crippen LogP contribution in [-0.4, -0.2) is 55.3 Å². The molecule has 1 aliphatic heterocycles. The molecule has 0 spiro atoms. The first kappa shape index (κ1) is 16.4. The van der Waals surface area contributed by atoms with E-state index in [4.69, 9.17) is 0 Å². The van der Waals surface area contributed by atoms with E-state index in [0.717, 1.165) is 35.8 Å². The van der Waals surface area contributed by atoms with Crippen molar-refractivity contribution in [3.8, 4) is 0 Å². The number of hydrogen-bond donors (Lipinski definition) is 0. The summed E-state index contributed by atoms with van der Waals surface area (Å²) in [6, 6.07) is 5.38. The van der Waals surface area contributed by atoms with Crippen molar-refractivity contribution in [1.82, 2.24) is 14.2 Å². The molecule has 2 aromatic rings. The van der Waals surface area contributed by atoms with Gasteiger partial charge in [-0.05, 0) is 45.5 Å². The van der Waals surface area contributed by atoms with Crippen molar-refractivity contribution in [3.05, 3.63) is 36.2 Å². The number of hydrogen-bond acceptors (Lipinski definition) is 4.